The van der Waals surface area contributed by atoms with Crippen LogP contribution in [-0.4, -0.2) is 47.0 Å². The predicted molar refractivity (Wildman–Crippen MR) is 68.7 cm³/mol. The van der Waals surface area contributed by atoms with Crippen LogP contribution in [0, 0.1) is 0 Å². The van der Waals surface area contributed by atoms with Crippen LogP contribution in [0.1, 0.15) is 28.8 Å². The Morgan fingerprint density at radius 1 is 1.56 bits per heavy atom. The van der Waals surface area contributed by atoms with Crippen LogP contribution in [0.2, 0.25) is 0 Å². The number of carbonyl (C=O) groups is 2. The molecule has 2 N–H and O–H groups in total. The van der Waals surface area contributed by atoms with Crippen LogP contribution in [-0.2, 0) is 11.3 Å². The predicted octanol–water partition coefficient (Wildman–Crippen LogP) is 0.799. The van der Waals surface area contributed by atoms with E-state index in [-0.39, 0.29) is 10.9 Å². The molecule has 1 heterocycles. The van der Waals surface area contributed by atoms with Gasteiger partial charge in [0.1, 0.15) is 0 Å². The molecule has 0 radical (unpaired) electrons. The van der Waals surface area contributed by atoms with Crippen molar-refractivity contribution in [2.45, 2.75) is 19.9 Å². The van der Waals surface area contributed by atoms with Crippen LogP contribution in [0.3, 0.4) is 0 Å². The van der Waals surface area contributed by atoms with Crippen molar-refractivity contribution in [2.75, 3.05) is 20.1 Å². The number of rotatable bonds is 7. The summed E-state index contributed by atoms with van der Waals surface area (Å²) in [6, 6.07) is 0. The fourth-order valence-corrected chi connectivity index (χ4v) is 2.16. The first-order valence-corrected chi connectivity index (χ1v) is 6.55. The van der Waals surface area contributed by atoms with Crippen molar-refractivity contribution in [1.82, 2.24) is 15.2 Å². The molecule has 0 aliphatic rings. The monoisotopic (exact) mass is 271 g/mol. The molecule has 1 rings (SSSR count). The minimum atomic E-state index is -1.01. The average molecular weight is 271 g/mol. The molecule has 1 aromatic heterocycles. The van der Waals surface area contributed by atoms with Crippen LogP contribution < -0.4 is 5.32 Å². The Morgan fingerprint density at radius 3 is 2.78 bits per heavy atom. The van der Waals surface area contributed by atoms with E-state index in [0.717, 1.165) is 24.3 Å². The summed E-state index contributed by atoms with van der Waals surface area (Å²) in [5.74, 6) is -1.07. The van der Waals surface area contributed by atoms with Gasteiger partial charge in [-0.2, -0.15) is 0 Å². The number of nitrogens with zero attached hydrogens (tertiary/aromatic N) is 2. The summed E-state index contributed by atoms with van der Waals surface area (Å²) in [6.07, 6.45) is 0.924. The number of likely N-dealkylation sites (N-methyl/N-ethyl adjacent to an activating group) is 1. The molecule has 0 aliphatic heterocycles. The van der Waals surface area contributed by atoms with E-state index in [2.05, 4.69) is 10.3 Å². The quantitative estimate of drug-likeness (QED) is 0.766. The first-order chi connectivity index (χ1) is 8.56. The molecular weight excluding hydrogens is 254 g/mol. The van der Waals surface area contributed by atoms with Gasteiger partial charge >= 0.3 is 5.97 Å². The highest BCUT2D eigenvalue weighted by molar-refractivity contribution is 7.11. The number of amides is 1. The van der Waals surface area contributed by atoms with Crippen molar-refractivity contribution < 1.29 is 14.7 Å². The fourth-order valence-electron chi connectivity index (χ4n) is 1.52. The van der Waals surface area contributed by atoms with E-state index in [1.165, 1.54) is 0 Å². The number of hydrogen-bond donors (Lipinski definition) is 2. The highest BCUT2D eigenvalue weighted by atomic mass is 32.1. The van der Waals surface area contributed by atoms with Crippen LogP contribution >= 0.6 is 11.3 Å². The Labute approximate surface area is 110 Å². The van der Waals surface area contributed by atoms with E-state index >= 15 is 0 Å². The zero-order valence-electron chi connectivity index (χ0n) is 10.5. The van der Waals surface area contributed by atoms with E-state index in [9.17, 15) is 9.59 Å². The van der Waals surface area contributed by atoms with Gasteiger partial charge in [-0.1, -0.05) is 6.92 Å². The molecule has 0 spiro atoms. The number of hydrogen-bond acceptors (Lipinski definition) is 5. The fraction of sp³-hybridized carbons (Fsp3) is 0.545. The SMILES string of the molecule is CCCN(CC(=O)NC)Cc1csc(C(=O)O)n1. The third-order valence-electron chi connectivity index (χ3n) is 2.31. The molecule has 0 aliphatic carbocycles. The van der Waals surface area contributed by atoms with E-state index in [0.29, 0.717) is 18.8 Å². The standard InChI is InChI=1S/C11H17N3O3S/c1-3-4-14(6-9(15)12-2)5-8-7-18-10(13-8)11(16)17/h7H,3-6H2,1-2H3,(H,12,15)(H,16,17). The summed E-state index contributed by atoms with van der Waals surface area (Å²) >= 11 is 1.10. The second-order valence-electron chi connectivity index (χ2n) is 3.83. The number of aromatic nitrogens is 1. The van der Waals surface area contributed by atoms with Crippen molar-refractivity contribution >= 4 is 23.2 Å². The van der Waals surface area contributed by atoms with Crippen LogP contribution in [0.4, 0.5) is 0 Å². The minimum absolute atomic E-state index is 0.0582. The average Bonchev–Trinajstić information content (AvgIpc) is 2.77. The van der Waals surface area contributed by atoms with Crippen molar-refractivity contribution in [2.24, 2.45) is 0 Å². The number of carbonyl (C=O) groups excluding carboxylic acids is 1. The van der Waals surface area contributed by atoms with Gasteiger partial charge in [-0.3, -0.25) is 9.69 Å². The van der Waals surface area contributed by atoms with Gasteiger partial charge < -0.3 is 10.4 Å². The molecular formula is C11H17N3O3S. The van der Waals surface area contributed by atoms with Gasteiger partial charge in [0, 0.05) is 19.0 Å². The second-order valence-corrected chi connectivity index (χ2v) is 4.69. The molecule has 7 heteroatoms. The molecule has 18 heavy (non-hydrogen) atoms. The summed E-state index contributed by atoms with van der Waals surface area (Å²) in [5, 5.41) is 13.2. The van der Waals surface area contributed by atoms with Crippen LogP contribution in [0.25, 0.3) is 0 Å². The van der Waals surface area contributed by atoms with E-state index in [1.54, 1.807) is 12.4 Å². The van der Waals surface area contributed by atoms with E-state index in [4.69, 9.17) is 5.11 Å². The van der Waals surface area contributed by atoms with Gasteiger partial charge in [0.05, 0.1) is 12.2 Å². The Morgan fingerprint density at radius 2 is 2.28 bits per heavy atom. The summed E-state index contributed by atoms with van der Waals surface area (Å²) in [4.78, 5) is 28.0. The number of carboxylic acid groups (broad SMARTS) is 1. The number of aromatic carboxylic acids is 1. The van der Waals surface area contributed by atoms with Gasteiger partial charge in [0.25, 0.3) is 0 Å². The minimum Gasteiger partial charge on any atom is -0.476 e. The largest absolute Gasteiger partial charge is 0.476 e. The van der Waals surface area contributed by atoms with Gasteiger partial charge in [-0.25, -0.2) is 9.78 Å². The third-order valence-corrected chi connectivity index (χ3v) is 3.19. The maximum Gasteiger partial charge on any atom is 0.365 e. The maximum absolute atomic E-state index is 11.3. The molecule has 0 saturated carbocycles. The molecule has 0 unspecified atom stereocenters. The van der Waals surface area contributed by atoms with E-state index < -0.39 is 5.97 Å². The number of thiazole rings is 1. The Bertz CT molecular complexity index is 419. The lowest BCUT2D eigenvalue weighted by Crippen LogP contribution is -2.35. The molecule has 100 valence electrons. The van der Waals surface area contributed by atoms with Crippen LogP contribution in [0.15, 0.2) is 5.38 Å². The Balaban J connectivity index is 2.63. The van der Waals surface area contributed by atoms with Crippen LogP contribution in [0.5, 0.6) is 0 Å². The number of nitrogens with one attached hydrogen (secondary N) is 1. The smallest absolute Gasteiger partial charge is 0.365 e. The summed E-state index contributed by atoms with van der Waals surface area (Å²) in [5.41, 5.74) is 0.690. The molecule has 0 saturated heterocycles. The normalized spacial score (nSPS) is 10.6. The lowest BCUT2D eigenvalue weighted by Gasteiger charge is -2.19. The molecule has 1 amide bonds. The molecule has 0 atom stereocenters. The Kier molecular flexibility index (Phi) is 5.73. The molecule has 6 nitrogen and oxygen atoms in total. The maximum atomic E-state index is 11.3. The topological polar surface area (TPSA) is 82.5 Å². The zero-order chi connectivity index (χ0) is 13.5. The third kappa shape index (κ3) is 4.42. The summed E-state index contributed by atoms with van der Waals surface area (Å²) < 4.78 is 0. The summed E-state index contributed by atoms with van der Waals surface area (Å²) in [7, 11) is 1.60. The Hall–Kier alpha value is -1.47. The van der Waals surface area contributed by atoms with Gasteiger partial charge in [0.15, 0.2) is 0 Å². The zero-order valence-corrected chi connectivity index (χ0v) is 11.3. The van der Waals surface area contributed by atoms with Gasteiger partial charge in [-0.05, 0) is 13.0 Å². The molecule has 1 aromatic rings. The van der Waals surface area contributed by atoms with Crippen molar-refractivity contribution in [1.29, 1.82) is 0 Å². The first kappa shape index (κ1) is 14.6. The molecule has 0 aromatic carbocycles. The summed E-state index contributed by atoms with van der Waals surface area (Å²) in [6.45, 7) is 3.59. The van der Waals surface area contributed by atoms with Gasteiger partial charge in [0.2, 0.25) is 10.9 Å². The van der Waals surface area contributed by atoms with Crippen molar-refractivity contribution in [3.05, 3.63) is 16.1 Å². The van der Waals surface area contributed by atoms with Crippen molar-refractivity contribution in [3.8, 4) is 0 Å². The first-order valence-electron chi connectivity index (χ1n) is 5.67. The van der Waals surface area contributed by atoms with Gasteiger partial charge in [-0.15, -0.1) is 11.3 Å². The second kappa shape index (κ2) is 7.07. The highest BCUT2D eigenvalue weighted by Gasteiger charge is 2.13. The lowest BCUT2D eigenvalue weighted by atomic mass is 10.3. The molecule has 0 bridgehead atoms. The lowest BCUT2D eigenvalue weighted by molar-refractivity contribution is -0.121. The highest BCUT2D eigenvalue weighted by Crippen LogP contribution is 2.12. The molecule has 0 fully saturated rings. The number of carboxylic acids is 1. The van der Waals surface area contributed by atoms with E-state index in [1.807, 2.05) is 11.8 Å². The van der Waals surface area contributed by atoms with Crippen molar-refractivity contribution in [3.63, 3.8) is 0 Å².